The van der Waals surface area contributed by atoms with E-state index in [9.17, 15) is 4.39 Å². The third kappa shape index (κ3) is 2.16. The molecular weight excluding hydrogens is 293 g/mol. The minimum Gasteiger partial charge on any atom is -0.206 e. The van der Waals surface area contributed by atoms with Gasteiger partial charge in [-0.15, -0.1) is 0 Å². The number of nitriles is 1. The summed E-state index contributed by atoms with van der Waals surface area (Å²) in [7, 11) is 0. The molecule has 0 spiro atoms. The summed E-state index contributed by atoms with van der Waals surface area (Å²) < 4.78 is 14.7. The molecule has 0 atom stereocenters. The molecule has 0 amide bonds. The number of halogens is 2. The van der Waals surface area contributed by atoms with E-state index < -0.39 is 0 Å². The van der Waals surface area contributed by atoms with Crippen molar-refractivity contribution in [3.8, 4) is 17.2 Å². The fourth-order valence-corrected chi connectivity index (χ4v) is 2.45. The van der Waals surface area contributed by atoms with Gasteiger partial charge in [-0.25, -0.2) is 4.39 Å². The first-order valence-electron chi connectivity index (χ1n) is 5.50. The van der Waals surface area contributed by atoms with Crippen LogP contribution < -0.4 is 0 Å². The molecule has 0 N–H and O–H groups in total. The van der Waals surface area contributed by atoms with E-state index in [4.69, 9.17) is 5.26 Å². The number of rotatable bonds is 1. The minimum atomic E-state index is -0.321. The largest absolute Gasteiger partial charge is 0.206 e. The SMILES string of the molecule is Cc1ccc(-c2cc(C#N)ccc2F)c(Br)c1C. The molecule has 0 saturated carbocycles. The third-order valence-corrected chi connectivity index (χ3v) is 4.06. The molecule has 0 bridgehead atoms. The van der Waals surface area contributed by atoms with Gasteiger partial charge in [0.1, 0.15) is 5.82 Å². The van der Waals surface area contributed by atoms with Crippen LogP contribution in [-0.4, -0.2) is 0 Å². The van der Waals surface area contributed by atoms with Crippen LogP contribution in [0.2, 0.25) is 0 Å². The van der Waals surface area contributed by atoms with Crippen LogP contribution in [0.1, 0.15) is 16.7 Å². The maximum Gasteiger partial charge on any atom is 0.131 e. The van der Waals surface area contributed by atoms with Crippen LogP contribution in [0.25, 0.3) is 11.1 Å². The van der Waals surface area contributed by atoms with Crippen molar-refractivity contribution in [1.82, 2.24) is 0 Å². The zero-order chi connectivity index (χ0) is 13.3. The van der Waals surface area contributed by atoms with E-state index in [-0.39, 0.29) is 5.82 Å². The van der Waals surface area contributed by atoms with Crippen molar-refractivity contribution >= 4 is 15.9 Å². The van der Waals surface area contributed by atoms with Gasteiger partial charge >= 0.3 is 0 Å². The lowest BCUT2D eigenvalue weighted by molar-refractivity contribution is 0.631. The molecule has 18 heavy (non-hydrogen) atoms. The molecule has 2 rings (SSSR count). The van der Waals surface area contributed by atoms with Gasteiger partial charge in [-0.3, -0.25) is 0 Å². The van der Waals surface area contributed by atoms with Gasteiger partial charge in [-0.05, 0) is 64.7 Å². The lowest BCUT2D eigenvalue weighted by atomic mass is 9.99. The zero-order valence-corrected chi connectivity index (χ0v) is 11.7. The maximum absolute atomic E-state index is 13.9. The normalized spacial score (nSPS) is 10.2. The molecule has 0 aromatic heterocycles. The highest BCUT2D eigenvalue weighted by Crippen LogP contribution is 2.34. The summed E-state index contributed by atoms with van der Waals surface area (Å²) in [4.78, 5) is 0. The van der Waals surface area contributed by atoms with E-state index in [1.807, 2.05) is 32.0 Å². The molecule has 2 aromatic rings. The van der Waals surface area contributed by atoms with Crippen molar-refractivity contribution in [3.05, 3.63) is 57.3 Å². The van der Waals surface area contributed by atoms with Gasteiger partial charge < -0.3 is 0 Å². The molecule has 0 unspecified atom stereocenters. The number of hydrogen-bond acceptors (Lipinski definition) is 1. The Morgan fingerprint density at radius 1 is 1.11 bits per heavy atom. The number of nitrogens with zero attached hydrogens (tertiary/aromatic N) is 1. The van der Waals surface area contributed by atoms with Gasteiger partial charge in [0.25, 0.3) is 0 Å². The summed E-state index contributed by atoms with van der Waals surface area (Å²) in [5.41, 5.74) is 3.89. The summed E-state index contributed by atoms with van der Waals surface area (Å²) in [6.45, 7) is 3.99. The summed E-state index contributed by atoms with van der Waals surface area (Å²) in [5.74, 6) is -0.321. The van der Waals surface area contributed by atoms with Crippen LogP contribution in [0, 0.1) is 31.0 Å². The van der Waals surface area contributed by atoms with Crippen LogP contribution in [-0.2, 0) is 0 Å². The van der Waals surface area contributed by atoms with Crippen molar-refractivity contribution in [2.75, 3.05) is 0 Å². The van der Waals surface area contributed by atoms with Crippen molar-refractivity contribution in [3.63, 3.8) is 0 Å². The van der Waals surface area contributed by atoms with Crippen LogP contribution >= 0.6 is 15.9 Å². The first-order valence-corrected chi connectivity index (χ1v) is 6.29. The van der Waals surface area contributed by atoms with Crippen LogP contribution in [0.5, 0.6) is 0 Å². The van der Waals surface area contributed by atoms with Crippen LogP contribution in [0.15, 0.2) is 34.8 Å². The molecule has 0 fully saturated rings. The Balaban J connectivity index is 2.70. The van der Waals surface area contributed by atoms with E-state index in [0.29, 0.717) is 11.1 Å². The lowest BCUT2D eigenvalue weighted by Crippen LogP contribution is -1.91. The zero-order valence-electron chi connectivity index (χ0n) is 10.1. The summed E-state index contributed by atoms with van der Waals surface area (Å²) in [6, 6.07) is 10.2. The monoisotopic (exact) mass is 303 g/mol. The molecule has 2 aromatic carbocycles. The molecular formula is C15H11BrFN. The van der Waals surface area contributed by atoms with E-state index in [2.05, 4.69) is 15.9 Å². The molecule has 1 nitrogen and oxygen atoms in total. The summed E-state index contributed by atoms with van der Waals surface area (Å²) >= 11 is 3.50. The number of aryl methyl sites for hydroxylation is 1. The number of hydrogen-bond donors (Lipinski definition) is 0. The summed E-state index contributed by atoms with van der Waals surface area (Å²) in [5, 5.41) is 8.88. The van der Waals surface area contributed by atoms with Crippen molar-refractivity contribution < 1.29 is 4.39 Å². The van der Waals surface area contributed by atoms with E-state index in [1.165, 1.54) is 12.1 Å². The van der Waals surface area contributed by atoms with Crippen molar-refractivity contribution in [2.24, 2.45) is 0 Å². The van der Waals surface area contributed by atoms with Gasteiger partial charge in [-0.2, -0.15) is 5.26 Å². The Bertz CT molecular complexity index is 656. The fourth-order valence-electron chi connectivity index (χ4n) is 1.79. The second-order valence-corrected chi connectivity index (χ2v) is 4.97. The predicted octanol–water partition coefficient (Wildman–Crippen LogP) is 4.74. The topological polar surface area (TPSA) is 23.8 Å². The molecule has 0 saturated heterocycles. The molecule has 0 radical (unpaired) electrons. The Labute approximate surface area is 114 Å². The average Bonchev–Trinajstić information content (AvgIpc) is 2.37. The highest BCUT2D eigenvalue weighted by molar-refractivity contribution is 9.10. The minimum absolute atomic E-state index is 0.321. The third-order valence-electron chi connectivity index (χ3n) is 3.04. The van der Waals surface area contributed by atoms with Crippen molar-refractivity contribution in [1.29, 1.82) is 5.26 Å². The Morgan fingerprint density at radius 2 is 1.83 bits per heavy atom. The first kappa shape index (κ1) is 12.8. The smallest absolute Gasteiger partial charge is 0.131 e. The van der Waals surface area contributed by atoms with Gasteiger partial charge in [0.05, 0.1) is 11.6 Å². The second kappa shape index (κ2) is 4.91. The molecule has 0 aliphatic heterocycles. The quantitative estimate of drug-likeness (QED) is 0.746. The predicted molar refractivity (Wildman–Crippen MR) is 73.7 cm³/mol. The summed E-state index contributed by atoms with van der Waals surface area (Å²) in [6.07, 6.45) is 0. The maximum atomic E-state index is 13.9. The first-order chi connectivity index (χ1) is 8.54. The van der Waals surface area contributed by atoms with Crippen molar-refractivity contribution in [2.45, 2.75) is 13.8 Å². The second-order valence-electron chi connectivity index (χ2n) is 4.18. The van der Waals surface area contributed by atoms with Gasteiger partial charge in [0, 0.05) is 10.0 Å². The van der Waals surface area contributed by atoms with Crippen LogP contribution in [0.4, 0.5) is 4.39 Å². The van der Waals surface area contributed by atoms with Gasteiger partial charge in [0.15, 0.2) is 0 Å². The average molecular weight is 304 g/mol. The standard InChI is InChI=1S/C15H11BrFN/c1-9-3-5-12(15(16)10(9)2)13-7-11(8-18)4-6-14(13)17/h3-7H,1-2H3. The Hall–Kier alpha value is -1.66. The highest BCUT2D eigenvalue weighted by atomic mass is 79.9. The Morgan fingerprint density at radius 3 is 2.50 bits per heavy atom. The highest BCUT2D eigenvalue weighted by Gasteiger charge is 2.12. The molecule has 0 heterocycles. The number of benzene rings is 2. The molecule has 0 aliphatic rings. The Kier molecular flexibility index (Phi) is 3.49. The molecule has 3 heteroatoms. The van der Waals surface area contributed by atoms with E-state index >= 15 is 0 Å². The fraction of sp³-hybridized carbons (Fsp3) is 0.133. The van der Waals surface area contributed by atoms with Crippen LogP contribution in [0.3, 0.4) is 0 Å². The molecule has 90 valence electrons. The van der Waals surface area contributed by atoms with E-state index in [0.717, 1.165) is 21.2 Å². The van der Waals surface area contributed by atoms with Gasteiger partial charge in [0.2, 0.25) is 0 Å². The molecule has 0 aliphatic carbocycles. The lowest BCUT2D eigenvalue weighted by Gasteiger charge is -2.11. The van der Waals surface area contributed by atoms with E-state index in [1.54, 1.807) is 6.07 Å². The van der Waals surface area contributed by atoms with Gasteiger partial charge in [-0.1, -0.05) is 12.1 Å².